The summed E-state index contributed by atoms with van der Waals surface area (Å²) in [6, 6.07) is 0. The van der Waals surface area contributed by atoms with Crippen molar-refractivity contribution < 1.29 is 5.11 Å². The molecule has 0 aromatic carbocycles. The molecule has 1 fully saturated rings. The van der Waals surface area contributed by atoms with Crippen LogP contribution in [0.15, 0.2) is 0 Å². The van der Waals surface area contributed by atoms with E-state index in [4.69, 9.17) is 0 Å². The molecule has 1 aliphatic heterocycles. The molecule has 1 aliphatic rings. The highest BCUT2D eigenvalue weighted by molar-refractivity contribution is 9.09. The van der Waals surface area contributed by atoms with Crippen molar-refractivity contribution in [1.82, 2.24) is 4.90 Å². The van der Waals surface area contributed by atoms with E-state index in [1.54, 1.807) is 0 Å². The van der Waals surface area contributed by atoms with Gasteiger partial charge in [-0.1, -0.05) is 29.8 Å². The Hall–Kier alpha value is 0.750. The van der Waals surface area contributed by atoms with Crippen LogP contribution in [-0.4, -0.2) is 51.6 Å². The highest BCUT2D eigenvalue weighted by Crippen LogP contribution is 2.30. The number of halogens is 1. The van der Waals surface area contributed by atoms with Gasteiger partial charge in [0.05, 0.1) is 6.10 Å². The quantitative estimate of drug-likeness (QED) is 0.801. The third kappa shape index (κ3) is 4.51. The first-order valence-corrected chi connectivity index (χ1v) is 7.24. The first kappa shape index (κ1) is 12.8. The lowest BCUT2D eigenvalue weighted by atomic mass is 10.1. The largest absolute Gasteiger partial charge is 0.391 e. The van der Waals surface area contributed by atoms with E-state index >= 15 is 0 Å². The monoisotopic (exact) mass is 281 g/mol. The van der Waals surface area contributed by atoms with E-state index < -0.39 is 0 Å². The highest BCUT2D eigenvalue weighted by Gasteiger charge is 2.24. The van der Waals surface area contributed by atoms with Gasteiger partial charge in [-0.05, 0) is 13.0 Å². The van der Waals surface area contributed by atoms with E-state index in [1.165, 1.54) is 12.2 Å². The minimum atomic E-state index is -0.221. The van der Waals surface area contributed by atoms with Crippen molar-refractivity contribution in [3.05, 3.63) is 0 Å². The average molecular weight is 282 g/mol. The molecule has 1 atom stereocenters. The van der Waals surface area contributed by atoms with Crippen molar-refractivity contribution in [2.75, 3.05) is 30.7 Å². The maximum absolute atomic E-state index is 9.54. The SMILES string of the molecule is CC1(C)CCN(CC(O)CBr)CCS1. The normalized spacial score (nSPS) is 25.7. The first-order valence-electron chi connectivity index (χ1n) is 5.14. The minimum absolute atomic E-state index is 0.221. The molecule has 0 spiro atoms. The molecule has 14 heavy (non-hydrogen) atoms. The summed E-state index contributed by atoms with van der Waals surface area (Å²) in [5, 5.41) is 10.2. The molecule has 0 aliphatic carbocycles. The van der Waals surface area contributed by atoms with Gasteiger partial charge in [-0.2, -0.15) is 11.8 Å². The molecule has 0 radical (unpaired) electrons. The fraction of sp³-hybridized carbons (Fsp3) is 1.00. The Balaban J connectivity index is 2.35. The van der Waals surface area contributed by atoms with Gasteiger partial charge in [0.1, 0.15) is 0 Å². The van der Waals surface area contributed by atoms with Crippen LogP contribution in [0.1, 0.15) is 20.3 Å². The van der Waals surface area contributed by atoms with Gasteiger partial charge in [0.2, 0.25) is 0 Å². The number of aliphatic hydroxyl groups is 1. The highest BCUT2D eigenvalue weighted by atomic mass is 79.9. The van der Waals surface area contributed by atoms with Crippen LogP contribution in [0.2, 0.25) is 0 Å². The molecule has 1 saturated heterocycles. The number of rotatable bonds is 3. The molecule has 4 heteroatoms. The summed E-state index contributed by atoms with van der Waals surface area (Å²) < 4.78 is 0.411. The van der Waals surface area contributed by atoms with Gasteiger partial charge >= 0.3 is 0 Å². The van der Waals surface area contributed by atoms with Gasteiger partial charge in [0.25, 0.3) is 0 Å². The van der Waals surface area contributed by atoms with Crippen LogP contribution in [0.5, 0.6) is 0 Å². The second-order valence-corrected chi connectivity index (χ2v) is 6.92. The third-order valence-corrected chi connectivity index (χ3v) is 4.70. The summed E-state index contributed by atoms with van der Waals surface area (Å²) in [4.78, 5) is 2.37. The Bertz CT molecular complexity index is 178. The fourth-order valence-corrected chi connectivity index (χ4v) is 2.93. The topological polar surface area (TPSA) is 23.5 Å². The van der Waals surface area contributed by atoms with Gasteiger partial charge in [0.15, 0.2) is 0 Å². The van der Waals surface area contributed by atoms with Crippen LogP contribution < -0.4 is 0 Å². The van der Waals surface area contributed by atoms with Crippen LogP contribution >= 0.6 is 27.7 Å². The smallest absolute Gasteiger partial charge is 0.0763 e. The molecule has 2 nitrogen and oxygen atoms in total. The zero-order chi connectivity index (χ0) is 10.6. The van der Waals surface area contributed by atoms with Crippen LogP contribution in [0.25, 0.3) is 0 Å². The van der Waals surface area contributed by atoms with E-state index in [-0.39, 0.29) is 6.10 Å². The Kier molecular flexibility index (Phi) is 5.25. The molecular weight excluding hydrogens is 262 g/mol. The van der Waals surface area contributed by atoms with Gasteiger partial charge in [-0.15, -0.1) is 0 Å². The molecule has 0 aromatic heterocycles. The summed E-state index contributed by atoms with van der Waals surface area (Å²) in [6.07, 6.45) is 0.994. The number of thioether (sulfide) groups is 1. The third-order valence-electron chi connectivity index (χ3n) is 2.58. The molecule has 1 rings (SSSR count). The molecule has 1 N–H and O–H groups in total. The summed E-state index contributed by atoms with van der Waals surface area (Å²) in [6.45, 7) is 7.65. The van der Waals surface area contributed by atoms with Crippen LogP contribution in [0.3, 0.4) is 0 Å². The van der Waals surface area contributed by atoms with Crippen molar-refractivity contribution in [2.45, 2.75) is 31.1 Å². The number of nitrogens with zero attached hydrogens (tertiary/aromatic N) is 1. The van der Waals surface area contributed by atoms with Crippen molar-refractivity contribution in [3.8, 4) is 0 Å². The van der Waals surface area contributed by atoms with Crippen LogP contribution in [-0.2, 0) is 0 Å². The molecule has 0 saturated carbocycles. The van der Waals surface area contributed by atoms with E-state index in [1.807, 2.05) is 11.8 Å². The van der Waals surface area contributed by atoms with E-state index in [2.05, 4.69) is 34.7 Å². The molecule has 1 heterocycles. The van der Waals surface area contributed by atoms with E-state index in [9.17, 15) is 5.11 Å². The van der Waals surface area contributed by atoms with Crippen molar-refractivity contribution in [2.24, 2.45) is 0 Å². The Morgan fingerprint density at radius 1 is 1.50 bits per heavy atom. The van der Waals surface area contributed by atoms with Crippen molar-refractivity contribution in [1.29, 1.82) is 0 Å². The molecule has 1 unspecified atom stereocenters. The Morgan fingerprint density at radius 2 is 2.21 bits per heavy atom. The fourth-order valence-electron chi connectivity index (χ4n) is 1.59. The summed E-state index contributed by atoms with van der Waals surface area (Å²) in [7, 11) is 0. The zero-order valence-corrected chi connectivity index (χ0v) is 11.4. The maximum Gasteiger partial charge on any atom is 0.0763 e. The predicted molar refractivity (Wildman–Crippen MR) is 67.4 cm³/mol. The standard InChI is InChI=1S/C10H20BrNOS/c1-10(2)3-4-12(5-6-14-10)8-9(13)7-11/h9,13H,3-8H2,1-2H3. The number of β-amino-alcohol motifs (C(OH)–C–C–N with tert-alkyl or cyclic N) is 1. The number of hydrogen-bond donors (Lipinski definition) is 1. The molecule has 0 amide bonds. The van der Waals surface area contributed by atoms with Crippen molar-refractivity contribution >= 4 is 27.7 Å². The first-order chi connectivity index (χ1) is 6.53. The number of aliphatic hydroxyl groups excluding tert-OH is 1. The molecular formula is C10H20BrNOS. The van der Waals surface area contributed by atoms with Gasteiger partial charge in [0, 0.05) is 28.9 Å². The molecule has 0 bridgehead atoms. The second kappa shape index (κ2) is 5.73. The average Bonchev–Trinajstić information content (AvgIpc) is 2.28. The second-order valence-electron chi connectivity index (χ2n) is 4.47. The van der Waals surface area contributed by atoms with Crippen molar-refractivity contribution in [3.63, 3.8) is 0 Å². The van der Waals surface area contributed by atoms with Crippen LogP contribution in [0.4, 0.5) is 0 Å². The lowest BCUT2D eigenvalue weighted by Crippen LogP contribution is -2.35. The Morgan fingerprint density at radius 3 is 2.86 bits per heavy atom. The Labute approximate surface area is 99.6 Å². The van der Waals surface area contributed by atoms with Gasteiger partial charge < -0.3 is 5.11 Å². The maximum atomic E-state index is 9.54. The van der Waals surface area contributed by atoms with E-state index in [0.29, 0.717) is 10.1 Å². The summed E-state index contributed by atoms with van der Waals surface area (Å²) in [5.41, 5.74) is 0. The number of alkyl halides is 1. The zero-order valence-electron chi connectivity index (χ0n) is 9.00. The van der Waals surface area contributed by atoms with Gasteiger partial charge in [-0.3, -0.25) is 4.90 Å². The molecule has 0 aromatic rings. The van der Waals surface area contributed by atoms with E-state index in [0.717, 1.165) is 19.6 Å². The molecule has 84 valence electrons. The van der Waals surface area contributed by atoms with Crippen LogP contribution in [0, 0.1) is 0 Å². The van der Waals surface area contributed by atoms with Gasteiger partial charge in [-0.25, -0.2) is 0 Å². The lowest BCUT2D eigenvalue weighted by Gasteiger charge is -2.23. The number of hydrogen-bond acceptors (Lipinski definition) is 3. The minimum Gasteiger partial charge on any atom is -0.391 e. The predicted octanol–water partition coefficient (Wildman–Crippen LogP) is 1.96. The summed E-state index contributed by atoms with van der Waals surface area (Å²) >= 11 is 5.35. The summed E-state index contributed by atoms with van der Waals surface area (Å²) in [5.74, 6) is 1.18. The lowest BCUT2D eigenvalue weighted by molar-refractivity contribution is 0.134.